The van der Waals surface area contributed by atoms with Gasteiger partial charge < -0.3 is 15.2 Å². The summed E-state index contributed by atoms with van der Waals surface area (Å²) < 4.78 is 5.16. The smallest absolute Gasteiger partial charge is 0.307 e. The van der Waals surface area contributed by atoms with Crippen molar-refractivity contribution in [2.24, 2.45) is 0 Å². The van der Waals surface area contributed by atoms with Crippen LogP contribution in [0, 0.1) is 0 Å². The maximum Gasteiger partial charge on any atom is 0.307 e. The van der Waals surface area contributed by atoms with E-state index in [2.05, 4.69) is 5.32 Å². The summed E-state index contributed by atoms with van der Waals surface area (Å²) >= 11 is 1.40. The molecule has 0 atom stereocenters. The molecule has 0 spiro atoms. The Kier molecular flexibility index (Phi) is 5.88. The van der Waals surface area contributed by atoms with Gasteiger partial charge in [0, 0.05) is 6.54 Å². The molecule has 1 heterocycles. The number of thiophene rings is 1. The van der Waals surface area contributed by atoms with E-state index in [0.29, 0.717) is 11.4 Å². The molecule has 2 N–H and O–H groups in total. The number of carbonyl (C=O) groups is 2. The van der Waals surface area contributed by atoms with Crippen molar-refractivity contribution in [2.45, 2.75) is 13.0 Å². The van der Waals surface area contributed by atoms with Gasteiger partial charge in [0.2, 0.25) is 0 Å². The van der Waals surface area contributed by atoms with Crippen LogP contribution in [0.15, 0.2) is 60.0 Å². The first-order valence-corrected chi connectivity index (χ1v) is 9.24. The van der Waals surface area contributed by atoms with Crippen molar-refractivity contribution in [3.05, 3.63) is 76.0 Å². The quantitative estimate of drug-likeness (QED) is 0.649. The molecule has 6 heteroatoms. The van der Waals surface area contributed by atoms with Crippen LogP contribution in [0.1, 0.15) is 20.8 Å². The van der Waals surface area contributed by atoms with E-state index in [0.717, 1.165) is 28.0 Å². The van der Waals surface area contributed by atoms with Crippen LogP contribution < -0.4 is 10.1 Å². The Morgan fingerprint density at radius 1 is 1.00 bits per heavy atom. The summed E-state index contributed by atoms with van der Waals surface area (Å²) in [5, 5.41) is 13.6. The summed E-state index contributed by atoms with van der Waals surface area (Å²) in [5.41, 5.74) is 3.68. The number of aliphatic carboxylic acids is 1. The summed E-state index contributed by atoms with van der Waals surface area (Å²) in [6.07, 6.45) is -0.00400. The van der Waals surface area contributed by atoms with Crippen molar-refractivity contribution < 1.29 is 19.4 Å². The molecule has 0 unspecified atom stereocenters. The lowest BCUT2D eigenvalue weighted by Crippen LogP contribution is -2.21. The SMILES string of the molecule is COc1ccc(-c2csc(C(=O)NCc3ccc(CC(=O)O)cc3)c2)cc1. The zero-order chi connectivity index (χ0) is 19.2. The Balaban J connectivity index is 1.59. The molecule has 1 amide bonds. The molecule has 5 nitrogen and oxygen atoms in total. The van der Waals surface area contributed by atoms with Crippen LogP contribution in [-0.4, -0.2) is 24.1 Å². The second-order valence-corrected chi connectivity index (χ2v) is 6.91. The third kappa shape index (κ3) is 4.95. The van der Waals surface area contributed by atoms with Crippen LogP contribution in [0.3, 0.4) is 0 Å². The van der Waals surface area contributed by atoms with Crippen molar-refractivity contribution in [1.29, 1.82) is 0 Å². The van der Waals surface area contributed by atoms with Gasteiger partial charge in [-0.1, -0.05) is 36.4 Å². The third-order valence-corrected chi connectivity index (χ3v) is 5.01. The lowest BCUT2D eigenvalue weighted by Gasteiger charge is -2.05. The van der Waals surface area contributed by atoms with Gasteiger partial charge in [0.15, 0.2) is 0 Å². The number of rotatable bonds is 7. The largest absolute Gasteiger partial charge is 0.497 e. The molecular formula is C21H19NO4S. The number of carboxylic acids is 1. The molecule has 2 aromatic carbocycles. The van der Waals surface area contributed by atoms with E-state index in [-0.39, 0.29) is 12.3 Å². The Bertz CT molecular complexity index is 930. The van der Waals surface area contributed by atoms with Gasteiger partial charge in [-0.15, -0.1) is 11.3 Å². The minimum atomic E-state index is -0.860. The number of amides is 1. The predicted molar refractivity (Wildman–Crippen MR) is 105 cm³/mol. The van der Waals surface area contributed by atoms with Crippen LogP contribution in [0.25, 0.3) is 11.1 Å². The van der Waals surface area contributed by atoms with Crippen molar-refractivity contribution in [1.82, 2.24) is 5.32 Å². The Hall–Kier alpha value is -3.12. The number of carbonyl (C=O) groups excluding carboxylic acids is 1. The zero-order valence-electron chi connectivity index (χ0n) is 14.8. The predicted octanol–water partition coefficient (Wildman–Crippen LogP) is 3.98. The lowest BCUT2D eigenvalue weighted by atomic mass is 10.1. The van der Waals surface area contributed by atoms with E-state index in [1.54, 1.807) is 19.2 Å². The highest BCUT2D eigenvalue weighted by Gasteiger charge is 2.10. The molecule has 27 heavy (non-hydrogen) atoms. The molecule has 3 aromatic rings. The maximum absolute atomic E-state index is 12.4. The van der Waals surface area contributed by atoms with Gasteiger partial charge in [0.1, 0.15) is 5.75 Å². The summed E-state index contributed by atoms with van der Waals surface area (Å²) in [7, 11) is 1.63. The van der Waals surface area contributed by atoms with E-state index in [9.17, 15) is 9.59 Å². The molecule has 0 fully saturated rings. The normalized spacial score (nSPS) is 10.4. The lowest BCUT2D eigenvalue weighted by molar-refractivity contribution is -0.136. The fraction of sp³-hybridized carbons (Fsp3) is 0.143. The average molecular weight is 381 g/mol. The van der Waals surface area contributed by atoms with Crippen molar-refractivity contribution in [3.63, 3.8) is 0 Å². The van der Waals surface area contributed by atoms with E-state index >= 15 is 0 Å². The van der Waals surface area contributed by atoms with Crippen LogP contribution in [0.2, 0.25) is 0 Å². The van der Waals surface area contributed by atoms with Crippen LogP contribution in [-0.2, 0) is 17.8 Å². The van der Waals surface area contributed by atoms with Crippen LogP contribution in [0.4, 0.5) is 0 Å². The number of hydrogen-bond acceptors (Lipinski definition) is 4. The monoisotopic (exact) mass is 381 g/mol. The zero-order valence-corrected chi connectivity index (χ0v) is 15.6. The van der Waals surface area contributed by atoms with Gasteiger partial charge in [-0.25, -0.2) is 0 Å². The molecule has 0 saturated heterocycles. The molecule has 0 bridgehead atoms. The molecule has 0 aliphatic carbocycles. The Labute approximate surface area is 161 Å². The summed E-state index contributed by atoms with van der Waals surface area (Å²) in [4.78, 5) is 23.7. The molecule has 3 rings (SSSR count). The van der Waals surface area contributed by atoms with Gasteiger partial charge in [-0.05, 0) is 45.8 Å². The summed E-state index contributed by atoms with van der Waals surface area (Å²) in [6, 6.07) is 16.8. The first-order valence-electron chi connectivity index (χ1n) is 8.36. The van der Waals surface area contributed by atoms with E-state index < -0.39 is 5.97 Å². The van der Waals surface area contributed by atoms with Crippen molar-refractivity contribution >= 4 is 23.2 Å². The number of benzene rings is 2. The fourth-order valence-corrected chi connectivity index (χ4v) is 3.44. The van der Waals surface area contributed by atoms with Gasteiger partial charge in [0.05, 0.1) is 18.4 Å². The van der Waals surface area contributed by atoms with Crippen molar-refractivity contribution in [3.8, 4) is 16.9 Å². The van der Waals surface area contributed by atoms with Crippen molar-refractivity contribution in [2.75, 3.05) is 7.11 Å². The second-order valence-electron chi connectivity index (χ2n) is 6.00. The standard InChI is InChI=1S/C21H19NO4S/c1-26-18-8-6-16(7-9-18)17-11-19(27-13-17)21(25)22-12-15-4-2-14(3-5-15)10-20(23)24/h2-9,11,13H,10,12H2,1H3,(H,22,25)(H,23,24). The van der Waals surface area contributed by atoms with Crippen LogP contribution in [0.5, 0.6) is 5.75 Å². The Morgan fingerprint density at radius 3 is 2.30 bits per heavy atom. The number of ether oxygens (including phenoxy) is 1. The van der Waals surface area contributed by atoms with E-state index in [4.69, 9.17) is 9.84 Å². The molecule has 1 aromatic heterocycles. The highest BCUT2D eigenvalue weighted by atomic mass is 32.1. The fourth-order valence-electron chi connectivity index (χ4n) is 2.61. The highest BCUT2D eigenvalue weighted by molar-refractivity contribution is 7.12. The minimum absolute atomic E-state index is 0.00400. The van der Waals surface area contributed by atoms with Crippen LogP contribution >= 0.6 is 11.3 Å². The molecule has 138 valence electrons. The summed E-state index contributed by atoms with van der Waals surface area (Å²) in [5.74, 6) is -0.197. The third-order valence-electron chi connectivity index (χ3n) is 4.08. The average Bonchev–Trinajstić information content (AvgIpc) is 3.17. The first-order chi connectivity index (χ1) is 13.0. The Morgan fingerprint density at radius 2 is 1.67 bits per heavy atom. The molecular weight excluding hydrogens is 362 g/mol. The second kappa shape index (κ2) is 8.51. The van der Waals surface area contributed by atoms with Gasteiger partial charge in [-0.3, -0.25) is 9.59 Å². The number of nitrogens with one attached hydrogen (secondary N) is 1. The maximum atomic E-state index is 12.4. The van der Waals surface area contributed by atoms with Gasteiger partial charge >= 0.3 is 5.97 Å². The minimum Gasteiger partial charge on any atom is -0.497 e. The van der Waals surface area contributed by atoms with Gasteiger partial charge in [-0.2, -0.15) is 0 Å². The molecule has 0 saturated carbocycles. The van der Waals surface area contributed by atoms with E-state index in [1.165, 1.54) is 11.3 Å². The number of hydrogen-bond donors (Lipinski definition) is 2. The molecule has 0 aliphatic rings. The topological polar surface area (TPSA) is 75.6 Å². The first kappa shape index (κ1) is 18.7. The molecule has 0 aliphatic heterocycles. The van der Waals surface area contributed by atoms with E-state index in [1.807, 2.05) is 47.8 Å². The number of methoxy groups -OCH3 is 1. The summed E-state index contributed by atoms with van der Waals surface area (Å²) in [6.45, 7) is 0.391. The highest BCUT2D eigenvalue weighted by Crippen LogP contribution is 2.27. The van der Waals surface area contributed by atoms with Gasteiger partial charge in [0.25, 0.3) is 5.91 Å². The number of carboxylic acid groups (broad SMARTS) is 1. The molecule has 0 radical (unpaired) electrons.